The Labute approximate surface area is 272 Å². The Hall–Kier alpha value is -6.37. The van der Waals surface area contributed by atoms with Crippen molar-refractivity contribution in [2.24, 2.45) is 0 Å². The highest BCUT2D eigenvalue weighted by Crippen LogP contribution is 2.37. The van der Waals surface area contributed by atoms with Crippen LogP contribution in [0.15, 0.2) is 107 Å². The average molecular weight is 679 g/mol. The minimum Gasteiger partial charge on any atom is -0.375 e. The second-order valence-electron chi connectivity index (χ2n) is 10.2. The van der Waals surface area contributed by atoms with E-state index < -0.39 is 58.9 Å². The van der Waals surface area contributed by atoms with Crippen LogP contribution in [0.25, 0.3) is 23.2 Å². The summed E-state index contributed by atoms with van der Waals surface area (Å²) in [4.78, 5) is 43.5. The maximum absolute atomic E-state index is 13.7. The largest absolute Gasteiger partial charge is 0.375 e. The van der Waals surface area contributed by atoms with Crippen LogP contribution in [-0.4, -0.2) is 55.2 Å². The minimum atomic E-state index is -4.87. The third kappa shape index (κ3) is 5.61. The SMILES string of the molecule is [N-]=[N+]=C1C=Cc2c(cccc2S(=O)(=O)Oc2ccc(C(=O)c3ccccc3)cc2OS(=O)(=O)c2cccc3c2C=CC(=[N+]=[N-])C3=O)C1=O. The van der Waals surface area contributed by atoms with E-state index >= 15 is 0 Å². The van der Waals surface area contributed by atoms with E-state index in [2.05, 4.69) is 9.58 Å². The number of hydrogen-bond acceptors (Lipinski definition) is 9. The Kier molecular flexibility index (Phi) is 7.97. The van der Waals surface area contributed by atoms with Gasteiger partial charge in [-0.05, 0) is 42.5 Å². The quantitative estimate of drug-likeness (QED) is 0.113. The summed E-state index contributed by atoms with van der Waals surface area (Å²) in [6, 6.07) is 18.7. The van der Waals surface area contributed by atoms with Crippen molar-refractivity contribution in [1.29, 1.82) is 0 Å². The van der Waals surface area contributed by atoms with E-state index in [0.29, 0.717) is 0 Å². The van der Waals surface area contributed by atoms with Crippen LogP contribution in [0.2, 0.25) is 0 Å². The van der Waals surface area contributed by atoms with Gasteiger partial charge < -0.3 is 19.4 Å². The Bertz CT molecular complexity index is 2490. The molecule has 15 heteroatoms. The van der Waals surface area contributed by atoms with Crippen molar-refractivity contribution in [2.45, 2.75) is 9.79 Å². The van der Waals surface area contributed by atoms with Gasteiger partial charge in [-0.1, -0.05) is 54.6 Å². The van der Waals surface area contributed by atoms with E-state index in [9.17, 15) is 31.2 Å². The lowest BCUT2D eigenvalue weighted by atomic mass is 9.95. The monoisotopic (exact) mass is 678 g/mol. The number of hydrogen-bond donors (Lipinski definition) is 0. The van der Waals surface area contributed by atoms with Gasteiger partial charge in [0, 0.05) is 45.5 Å². The zero-order valence-corrected chi connectivity index (χ0v) is 25.8. The molecule has 0 saturated heterocycles. The summed E-state index contributed by atoms with van der Waals surface area (Å²) in [6.07, 6.45) is 4.70. The first-order valence-corrected chi connectivity index (χ1v) is 16.6. The lowest BCUT2D eigenvalue weighted by molar-refractivity contribution is -0.00459. The van der Waals surface area contributed by atoms with E-state index in [1.54, 1.807) is 18.2 Å². The van der Waals surface area contributed by atoms with Crippen molar-refractivity contribution in [1.82, 2.24) is 0 Å². The molecule has 236 valence electrons. The first-order chi connectivity index (χ1) is 22.9. The van der Waals surface area contributed by atoms with Crippen molar-refractivity contribution in [3.05, 3.63) is 142 Å². The van der Waals surface area contributed by atoms with Crippen LogP contribution in [0.5, 0.6) is 11.5 Å². The van der Waals surface area contributed by atoms with Crippen LogP contribution in [0.1, 0.15) is 47.8 Å². The van der Waals surface area contributed by atoms with Crippen molar-refractivity contribution in [3.8, 4) is 11.5 Å². The first-order valence-electron chi connectivity index (χ1n) is 13.7. The lowest BCUT2D eigenvalue weighted by Crippen LogP contribution is -2.21. The topological polar surface area (TPSA) is 211 Å². The third-order valence-corrected chi connectivity index (χ3v) is 9.88. The number of carbonyl (C=O) groups is 3. The molecule has 0 amide bonds. The van der Waals surface area contributed by atoms with Crippen molar-refractivity contribution in [3.63, 3.8) is 0 Å². The van der Waals surface area contributed by atoms with E-state index in [1.165, 1.54) is 54.6 Å². The van der Waals surface area contributed by atoms with Gasteiger partial charge in [-0.2, -0.15) is 26.4 Å². The first kappa shape index (κ1) is 31.6. The van der Waals surface area contributed by atoms with Crippen molar-refractivity contribution < 1.29 is 49.2 Å². The fourth-order valence-corrected chi connectivity index (χ4v) is 7.34. The molecule has 0 bridgehead atoms. The fraction of sp³-hybridized carbons (Fsp3) is 0. The number of fused-ring (bicyclic) bond motifs is 2. The van der Waals surface area contributed by atoms with Gasteiger partial charge in [0.15, 0.2) is 17.3 Å². The van der Waals surface area contributed by atoms with Gasteiger partial charge in [-0.3, -0.25) is 14.4 Å². The van der Waals surface area contributed by atoms with Gasteiger partial charge in [0.25, 0.3) is 11.6 Å². The molecule has 0 aromatic heterocycles. The Morgan fingerprint density at radius 1 is 0.562 bits per heavy atom. The van der Waals surface area contributed by atoms with Crippen LogP contribution >= 0.6 is 0 Å². The summed E-state index contributed by atoms with van der Waals surface area (Å²) in [6.45, 7) is 0. The van der Waals surface area contributed by atoms with Gasteiger partial charge in [0.2, 0.25) is 0 Å². The number of nitrogens with zero attached hydrogens (tertiary/aromatic N) is 4. The Balaban J connectivity index is 1.45. The van der Waals surface area contributed by atoms with Crippen LogP contribution in [-0.2, 0) is 20.2 Å². The molecule has 6 rings (SSSR count). The van der Waals surface area contributed by atoms with Crippen LogP contribution in [0, 0.1) is 0 Å². The zero-order chi connectivity index (χ0) is 34.2. The van der Waals surface area contributed by atoms with Crippen LogP contribution < -0.4 is 8.37 Å². The maximum atomic E-state index is 13.7. The molecule has 0 N–H and O–H groups in total. The summed E-state index contributed by atoms with van der Waals surface area (Å²) in [5.41, 5.74) is 17.4. The fourth-order valence-electron chi connectivity index (χ4n) is 5.04. The molecule has 0 atom stereocenters. The molecule has 48 heavy (non-hydrogen) atoms. The molecule has 0 spiro atoms. The molecule has 13 nitrogen and oxygen atoms in total. The number of benzene rings is 4. The molecule has 0 heterocycles. The van der Waals surface area contributed by atoms with Gasteiger partial charge in [-0.15, -0.1) is 0 Å². The van der Waals surface area contributed by atoms with Gasteiger partial charge in [0.05, 0.1) is 0 Å². The standard InChI is InChI=1S/C33H18N4O9S2/c34-36-25-15-13-21-23(32(25)39)8-4-10-29(21)47(41,42)45-27-17-12-20(31(38)19-6-2-1-3-7-19)18-28(27)46-48(43,44)30-11-5-9-24-22(30)14-16-26(37-35)33(24)40/h1-18H. The molecule has 0 radical (unpaired) electrons. The minimum absolute atomic E-state index is 0.0704. The number of ketones is 3. The molecule has 4 aromatic carbocycles. The van der Waals surface area contributed by atoms with E-state index in [1.807, 2.05) is 0 Å². The number of allylic oxidation sites excluding steroid dienone is 2. The molecule has 0 fully saturated rings. The predicted molar refractivity (Wildman–Crippen MR) is 169 cm³/mol. The smallest absolute Gasteiger partial charge is 0.362 e. The number of carbonyl (C=O) groups excluding carboxylic acids is 3. The molecule has 0 saturated carbocycles. The second kappa shape index (κ2) is 12.1. The summed E-state index contributed by atoms with van der Waals surface area (Å²) in [7, 11) is -9.69. The van der Waals surface area contributed by atoms with Crippen LogP contribution in [0.4, 0.5) is 0 Å². The molecule has 2 aliphatic carbocycles. The van der Waals surface area contributed by atoms with Gasteiger partial charge in [-0.25, -0.2) is 0 Å². The molecule has 0 aliphatic heterocycles. The van der Waals surface area contributed by atoms with Crippen LogP contribution in [0.3, 0.4) is 0 Å². The highest BCUT2D eigenvalue weighted by atomic mass is 32.2. The number of Topliss-reactive ketones (excluding diaryl/α,β-unsaturated/α-hetero) is 2. The molecular weight excluding hydrogens is 661 g/mol. The predicted octanol–water partition coefficient (Wildman–Crippen LogP) is 4.21. The van der Waals surface area contributed by atoms with Crippen molar-refractivity contribution >= 4 is 61.2 Å². The maximum Gasteiger partial charge on any atom is 0.362 e. The molecule has 0 unspecified atom stereocenters. The molecular formula is C33H18N4O9S2. The third-order valence-electron chi connectivity index (χ3n) is 7.30. The highest BCUT2D eigenvalue weighted by molar-refractivity contribution is 7.87. The van der Waals surface area contributed by atoms with E-state index in [0.717, 1.165) is 36.4 Å². The summed E-state index contributed by atoms with van der Waals surface area (Å²) in [5, 5.41) is 0. The van der Waals surface area contributed by atoms with Crippen molar-refractivity contribution in [2.75, 3.05) is 0 Å². The highest BCUT2D eigenvalue weighted by Gasteiger charge is 2.34. The molecule has 4 aromatic rings. The summed E-state index contributed by atoms with van der Waals surface area (Å²) in [5.74, 6) is -3.37. The normalized spacial score (nSPS) is 13.7. The average Bonchev–Trinajstić information content (AvgIpc) is 3.09. The molecule has 2 aliphatic rings. The Morgan fingerprint density at radius 2 is 1.06 bits per heavy atom. The zero-order valence-electron chi connectivity index (χ0n) is 24.2. The van der Waals surface area contributed by atoms with Gasteiger partial charge in [0.1, 0.15) is 9.79 Å². The van der Waals surface area contributed by atoms with Gasteiger partial charge >= 0.3 is 31.7 Å². The van der Waals surface area contributed by atoms with E-state index in [-0.39, 0.29) is 44.8 Å². The summed E-state index contributed by atoms with van der Waals surface area (Å²) >= 11 is 0. The van der Waals surface area contributed by atoms with E-state index in [4.69, 9.17) is 19.4 Å². The number of rotatable bonds is 8. The lowest BCUT2D eigenvalue weighted by Gasteiger charge is -2.17. The Morgan fingerprint density at radius 3 is 1.56 bits per heavy atom. The second-order valence-corrected chi connectivity index (χ2v) is 13.2. The summed E-state index contributed by atoms with van der Waals surface area (Å²) < 4.78 is 65.6.